The van der Waals surface area contributed by atoms with Crippen molar-refractivity contribution in [3.8, 4) is 5.75 Å². The van der Waals surface area contributed by atoms with E-state index in [4.69, 9.17) is 0 Å². The van der Waals surface area contributed by atoms with Crippen LogP contribution in [0, 0.1) is 5.82 Å². The molecule has 0 unspecified atom stereocenters. The zero-order chi connectivity index (χ0) is 18.8. The van der Waals surface area contributed by atoms with Crippen molar-refractivity contribution in [1.82, 2.24) is 14.9 Å². The summed E-state index contributed by atoms with van der Waals surface area (Å²) in [6.07, 6.45) is 2.06. The molecule has 0 saturated heterocycles. The summed E-state index contributed by atoms with van der Waals surface area (Å²) >= 11 is 0. The second-order valence-electron chi connectivity index (χ2n) is 5.96. The fourth-order valence-corrected chi connectivity index (χ4v) is 2.82. The molecule has 26 heavy (non-hydrogen) atoms. The molecule has 0 aliphatic rings. The van der Waals surface area contributed by atoms with Gasteiger partial charge in [0, 0.05) is 19.8 Å². The van der Waals surface area contributed by atoms with Crippen LogP contribution in [-0.2, 0) is 13.5 Å². The first-order chi connectivity index (χ1) is 12.4. The number of fused-ring (bicyclic) bond motifs is 1. The van der Waals surface area contributed by atoms with Gasteiger partial charge in [-0.3, -0.25) is 14.6 Å². The number of carbonyl (C=O) groups excluding carboxylic acids is 1. The molecule has 0 aliphatic heterocycles. The number of pyridine rings is 2. The van der Waals surface area contributed by atoms with Crippen molar-refractivity contribution in [1.29, 1.82) is 0 Å². The summed E-state index contributed by atoms with van der Waals surface area (Å²) in [5, 5.41) is 12.9. The Morgan fingerprint density at radius 3 is 2.62 bits per heavy atom. The quantitative estimate of drug-likeness (QED) is 0.751. The summed E-state index contributed by atoms with van der Waals surface area (Å²) in [5.74, 6) is -1.37. The lowest BCUT2D eigenvalue weighted by atomic mass is 10.1. The number of carbonyl (C=O) groups is 1. The van der Waals surface area contributed by atoms with Gasteiger partial charge in [0.15, 0.2) is 5.75 Å². The number of hydrogen-bond acceptors (Lipinski definition) is 4. The Kier molecular flexibility index (Phi) is 4.71. The molecule has 0 spiro atoms. The second kappa shape index (κ2) is 6.95. The Bertz CT molecular complexity index is 1040. The van der Waals surface area contributed by atoms with E-state index in [2.05, 4.69) is 10.3 Å². The van der Waals surface area contributed by atoms with Crippen LogP contribution in [0.15, 0.2) is 41.3 Å². The smallest absolute Gasteiger partial charge is 0.267 e. The lowest BCUT2D eigenvalue weighted by Crippen LogP contribution is -2.32. The van der Waals surface area contributed by atoms with Crippen LogP contribution in [-0.4, -0.2) is 27.1 Å². The minimum atomic E-state index is -0.635. The Morgan fingerprint density at radius 1 is 1.27 bits per heavy atom. The highest BCUT2D eigenvalue weighted by molar-refractivity contribution is 6.01. The highest BCUT2D eigenvalue weighted by Crippen LogP contribution is 2.25. The third kappa shape index (κ3) is 3.15. The minimum absolute atomic E-state index is 0.177. The maximum absolute atomic E-state index is 13.0. The molecule has 0 saturated carbocycles. The van der Waals surface area contributed by atoms with Gasteiger partial charge in [-0.05, 0) is 42.7 Å². The fraction of sp³-hybridized carbons (Fsp3) is 0.211. The Hall–Kier alpha value is -3.22. The average Bonchev–Trinajstić information content (AvgIpc) is 2.62. The number of aromatic nitrogens is 2. The van der Waals surface area contributed by atoms with Gasteiger partial charge in [0.2, 0.25) is 0 Å². The maximum atomic E-state index is 13.0. The fourth-order valence-electron chi connectivity index (χ4n) is 2.82. The number of amides is 1. The average molecular weight is 355 g/mol. The van der Waals surface area contributed by atoms with Gasteiger partial charge >= 0.3 is 0 Å². The molecule has 6 nitrogen and oxygen atoms in total. The van der Waals surface area contributed by atoms with E-state index >= 15 is 0 Å². The monoisotopic (exact) mass is 355 g/mol. The number of aryl methyl sites for hydroxylation is 1. The normalized spacial score (nSPS) is 10.9. The van der Waals surface area contributed by atoms with Crippen molar-refractivity contribution >= 4 is 16.9 Å². The van der Waals surface area contributed by atoms with E-state index < -0.39 is 17.2 Å². The molecule has 2 heterocycles. The first kappa shape index (κ1) is 17.6. The molecule has 7 heteroatoms. The molecule has 0 radical (unpaired) electrons. The largest absolute Gasteiger partial charge is 0.505 e. The van der Waals surface area contributed by atoms with E-state index in [0.29, 0.717) is 18.5 Å². The third-order valence-electron chi connectivity index (χ3n) is 4.15. The number of nitrogens with one attached hydrogen (secondary N) is 1. The van der Waals surface area contributed by atoms with Crippen LogP contribution in [0.4, 0.5) is 4.39 Å². The molecule has 0 bridgehead atoms. The van der Waals surface area contributed by atoms with Gasteiger partial charge in [-0.15, -0.1) is 0 Å². The summed E-state index contributed by atoms with van der Waals surface area (Å²) in [5.41, 5.74) is 1.36. The zero-order valence-electron chi connectivity index (χ0n) is 14.4. The number of hydrogen-bond donors (Lipinski definition) is 2. The summed E-state index contributed by atoms with van der Waals surface area (Å²) in [4.78, 5) is 28.8. The highest BCUT2D eigenvalue weighted by Gasteiger charge is 2.21. The molecular formula is C19H18FN3O3. The highest BCUT2D eigenvalue weighted by atomic mass is 19.1. The van der Waals surface area contributed by atoms with Crippen molar-refractivity contribution in [2.24, 2.45) is 7.05 Å². The lowest BCUT2D eigenvalue weighted by molar-refractivity contribution is 0.0951. The SMILES string of the molecule is CCNC(=O)c1c(O)c2ncc(Cc3ccc(F)cc3)cc2n(C)c1=O. The lowest BCUT2D eigenvalue weighted by Gasteiger charge is -2.12. The number of benzene rings is 1. The molecular weight excluding hydrogens is 337 g/mol. The summed E-state index contributed by atoms with van der Waals surface area (Å²) in [6, 6.07) is 7.84. The topological polar surface area (TPSA) is 84.2 Å². The second-order valence-corrected chi connectivity index (χ2v) is 5.96. The van der Waals surface area contributed by atoms with Gasteiger partial charge in [-0.1, -0.05) is 12.1 Å². The molecule has 2 aromatic heterocycles. The summed E-state index contributed by atoms with van der Waals surface area (Å²) in [6.45, 7) is 2.06. The van der Waals surface area contributed by atoms with Crippen LogP contribution in [0.3, 0.4) is 0 Å². The van der Waals surface area contributed by atoms with Gasteiger partial charge in [0.05, 0.1) is 5.52 Å². The van der Waals surface area contributed by atoms with E-state index in [1.807, 2.05) is 0 Å². The van der Waals surface area contributed by atoms with Crippen molar-refractivity contribution in [3.05, 3.63) is 69.4 Å². The molecule has 1 amide bonds. The van der Waals surface area contributed by atoms with Gasteiger partial charge in [-0.25, -0.2) is 4.39 Å². The molecule has 0 atom stereocenters. The van der Waals surface area contributed by atoms with Crippen molar-refractivity contribution in [3.63, 3.8) is 0 Å². The van der Waals surface area contributed by atoms with Gasteiger partial charge in [-0.2, -0.15) is 0 Å². The van der Waals surface area contributed by atoms with E-state index in [1.54, 1.807) is 31.3 Å². The van der Waals surface area contributed by atoms with Crippen LogP contribution in [0.1, 0.15) is 28.4 Å². The summed E-state index contributed by atoms with van der Waals surface area (Å²) < 4.78 is 14.3. The zero-order valence-corrected chi connectivity index (χ0v) is 14.4. The van der Waals surface area contributed by atoms with Crippen molar-refractivity contribution in [2.75, 3.05) is 6.54 Å². The van der Waals surface area contributed by atoms with E-state index in [-0.39, 0.29) is 16.9 Å². The molecule has 2 N–H and O–H groups in total. The Labute approximate surface area is 148 Å². The molecule has 1 aromatic carbocycles. The van der Waals surface area contributed by atoms with Crippen LogP contribution in [0.5, 0.6) is 5.75 Å². The van der Waals surface area contributed by atoms with E-state index in [9.17, 15) is 19.1 Å². The Morgan fingerprint density at radius 2 is 1.96 bits per heavy atom. The minimum Gasteiger partial charge on any atom is -0.505 e. The van der Waals surface area contributed by atoms with Gasteiger partial charge in [0.1, 0.15) is 16.9 Å². The van der Waals surface area contributed by atoms with E-state index in [1.165, 1.54) is 23.7 Å². The van der Waals surface area contributed by atoms with Crippen LogP contribution in [0.25, 0.3) is 11.0 Å². The molecule has 0 aliphatic carbocycles. The first-order valence-corrected chi connectivity index (χ1v) is 8.15. The van der Waals surface area contributed by atoms with Crippen molar-refractivity contribution < 1.29 is 14.3 Å². The number of rotatable bonds is 4. The summed E-state index contributed by atoms with van der Waals surface area (Å²) in [7, 11) is 1.52. The van der Waals surface area contributed by atoms with Gasteiger partial charge < -0.3 is 15.0 Å². The maximum Gasteiger partial charge on any atom is 0.267 e. The first-order valence-electron chi connectivity index (χ1n) is 8.15. The molecule has 0 fully saturated rings. The number of aromatic hydroxyl groups is 1. The van der Waals surface area contributed by atoms with Gasteiger partial charge in [0.25, 0.3) is 11.5 Å². The number of halogens is 1. The molecule has 3 aromatic rings. The predicted molar refractivity (Wildman–Crippen MR) is 95.9 cm³/mol. The third-order valence-corrected chi connectivity index (χ3v) is 4.15. The van der Waals surface area contributed by atoms with Crippen molar-refractivity contribution in [2.45, 2.75) is 13.3 Å². The molecule has 3 rings (SSSR count). The van der Waals surface area contributed by atoms with Crippen LogP contribution >= 0.6 is 0 Å². The molecule has 134 valence electrons. The van der Waals surface area contributed by atoms with Crippen LogP contribution < -0.4 is 10.9 Å². The van der Waals surface area contributed by atoms with E-state index in [0.717, 1.165) is 11.1 Å². The number of nitrogens with zero attached hydrogens (tertiary/aromatic N) is 2. The Balaban J connectivity index is 2.09. The predicted octanol–water partition coefficient (Wildman–Crippen LogP) is 2.12. The van der Waals surface area contributed by atoms with Crippen LogP contribution in [0.2, 0.25) is 0 Å². The standard InChI is InChI=1S/C19H18FN3O3/c1-3-21-18(25)15-17(24)16-14(23(2)19(15)26)9-12(10-22-16)8-11-4-6-13(20)7-5-11/h4-7,9-10,24H,3,8H2,1-2H3,(H,21,25).